The van der Waals surface area contributed by atoms with Gasteiger partial charge in [-0.1, -0.05) is 31.1 Å². The molecule has 1 heterocycles. The highest BCUT2D eigenvalue weighted by molar-refractivity contribution is 7.98. The van der Waals surface area contributed by atoms with Crippen molar-refractivity contribution in [1.29, 1.82) is 0 Å². The smallest absolute Gasteiger partial charge is 0.344 e. The van der Waals surface area contributed by atoms with Gasteiger partial charge in [-0.3, -0.25) is 4.79 Å². The van der Waals surface area contributed by atoms with Gasteiger partial charge in [-0.2, -0.15) is 0 Å². The van der Waals surface area contributed by atoms with Crippen LogP contribution in [0.5, 0.6) is 0 Å². The molecule has 0 aliphatic carbocycles. The van der Waals surface area contributed by atoms with Crippen LogP contribution in [0.25, 0.3) is 0 Å². The molecule has 1 aromatic heterocycles. The van der Waals surface area contributed by atoms with E-state index >= 15 is 0 Å². The van der Waals surface area contributed by atoms with Crippen LogP contribution >= 0.6 is 11.8 Å². The second-order valence-electron chi connectivity index (χ2n) is 5.39. The highest BCUT2D eigenvalue weighted by Crippen LogP contribution is 2.23. The molecule has 2 aromatic rings. The van der Waals surface area contributed by atoms with Crippen molar-refractivity contribution in [3.8, 4) is 0 Å². The highest BCUT2D eigenvalue weighted by Gasteiger charge is 2.24. The zero-order chi connectivity index (χ0) is 17.0. The van der Waals surface area contributed by atoms with Crippen molar-refractivity contribution in [3.63, 3.8) is 0 Å². The van der Waals surface area contributed by atoms with Gasteiger partial charge in [-0.05, 0) is 25.3 Å². The summed E-state index contributed by atoms with van der Waals surface area (Å²) in [5, 5.41) is 3.80. The molecule has 0 aliphatic heterocycles. The van der Waals surface area contributed by atoms with Crippen LogP contribution in [0.15, 0.2) is 33.7 Å². The van der Waals surface area contributed by atoms with Gasteiger partial charge in [0, 0.05) is 16.4 Å². The largest absolute Gasteiger partial charge is 0.454 e. The Hall–Kier alpha value is -2.08. The molecule has 5 nitrogen and oxygen atoms in total. The molecular weight excluding hydrogens is 314 g/mol. The average molecular weight is 333 g/mol. The zero-order valence-electron chi connectivity index (χ0n) is 13.6. The number of nitrogens with zero attached hydrogens (tertiary/aromatic N) is 1. The molecule has 1 aromatic carbocycles. The van der Waals surface area contributed by atoms with Gasteiger partial charge in [-0.15, -0.1) is 11.8 Å². The molecule has 0 N–H and O–H groups in total. The maximum atomic E-state index is 12.2. The summed E-state index contributed by atoms with van der Waals surface area (Å²) < 4.78 is 10.3. The summed E-state index contributed by atoms with van der Waals surface area (Å²) in [6.45, 7) is 5.17. The number of hydrogen-bond acceptors (Lipinski definition) is 6. The molecule has 0 radical (unpaired) electrons. The molecule has 0 unspecified atom stereocenters. The minimum absolute atomic E-state index is 0.00791. The van der Waals surface area contributed by atoms with Crippen molar-refractivity contribution < 1.29 is 18.8 Å². The Balaban J connectivity index is 2.04. The number of aromatic nitrogens is 1. The van der Waals surface area contributed by atoms with Gasteiger partial charge in [0.15, 0.2) is 18.2 Å². The molecule has 0 saturated carbocycles. The number of esters is 1. The maximum absolute atomic E-state index is 12.2. The fraction of sp³-hybridized carbons (Fsp3) is 0.353. The van der Waals surface area contributed by atoms with E-state index in [0.717, 1.165) is 4.90 Å². The van der Waals surface area contributed by atoms with Gasteiger partial charge in [-0.25, -0.2) is 4.79 Å². The highest BCUT2D eigenvalue weighted by atomic mass is 32.2. The van der Waals surface area contributed by atoms with Gasteiger partial charge >= 0.3 is 5.97 Å². The molecular formula is C17H19NO4S. The number of ether oxygens (including phenoxy) is 1. The van der Waals surface area contributed by atoms with E-state index in [9.17, 15) is 9.59 Å². The summed E-state index contributed by atoms with van der Waals surface area (Å²) in [5.41, 5.74) is 1.29. The summed E-state index contributed by atoms with van der Waals surface area (Å²) in [5.74, 6) is -0.342. The van der Waals surface area contributed by atoms with Gasteiger partial charge in [0.05, 0.1) is 5.69 Å². The molecule has 6 heteroatoms. The predicted octanol–water partition coefficient (Wildman–Crippen LogP) is 3.87. The lowest BCUT2D eigenvalue weighted by Crippen LogP contribution is -2.15. The maximum Gasteiger partial charge on any atom is 0.344 e. The van der Waals surface area contributed by atoms with Crippen LogP contribution in [0.4, 0.5) is 0 Å². The summed E-state index contributed by atoms with van der Waals surface area (Å²) in [7, 11) is 0. The molecule has 122 valence electrons. The molecule has 0 bridgehead atoms. The molecule has 23 heavy (non-hydrogen) atoms. The van der Waals surface area contributed by atoms with E-state index in [0.29, 0.717) is 22.6 Å². The first-order chi connectivity index (χ1) is 10.9. The third-order valence-electron chi connectivity index (χ3n) is 3.36. The number of benzene rings is 1. The van der Waals surface area contributed by atoms with Crippen LogP contribution in [0.1, 0.15) is 51.9 Å². The molecule has 0 spiro atoms. The normalized spacial score (nSPS) is 10.8. The lowest BCUT2D eigenvalue weighted by atomic mass is 10.1. The van der Waals surface area contributed by atoms with E-state index in [1.54, 1.807) is 30.8 Å². The molecule has 0 atom stereocenters. The first-order valence-corrected chi connectivity index (χ1v) is 8.47. The Labute approximate surface area is 139 Å². The summed E-state index contributed by atoms with van der Waals surface area (Å²) in [4.78, 5) is 25.4. The van der Waals surface area contributed by atoms with E-state index in [1.807, 2.05) is 32.2 Å². The topological polar surface area (TPSA) is 69.4 Å². The molecule has 0 aliphatic rings. The van der Waals surface area contributed by atoms with Crippen LogP contribution in [0.3, 0.4) is 0 Å². The van der Waals surface area contributed by atoms with Crippen molar-refractivity contribution in [2.75, 3.05) is 12.9 Å². The minimum atomic E-state index is -0.582. The minimum Gasteiger partial charge on any atom is -0.454 e. The standard InChI is InChI=1S/C17H19NO4S/c1-10(2)16-15(11(3)18-22-16)17(20)21-9-14(19)12-5-7-13(23-4)8-6-12/h5-8,10H,9H2,1-4H3. The van der Waals surface area contributed by atoms with Crippen LogP contribution < -0.4 is 0 Å². The zero-order valence-corrected chi connectivity index (χ0v) is 14.4. The Morgan fingerprint density at radius 1 is 1.26 bits per heavy atom. The van der Waals surface area contributed by atoms with E-state index in [-0.39, 0.29) is 18.3 Å². The Morgan fingerprint density at radius 2 is 1.91 bits per heavy atom. The van der Waals surface area contributed by atoms with Crippen LogP contribution in [0, 0.1) is 6.92 Å². The van der Waals surface area contributed by atoms with Crippen molar-refractivity contribution in [2.24, 2.45) is 0 Å². The lowest BCUT2D eigenvalue weighted by molar-refractivity contribution is 0.0471. The number of carbonyl (C=O) groups excluding carboxylic acids is 2. The molecule has 0 saturated heterocycles. The van der Waals surface area contributed by atoms with Crippen molar-refractivity contribution in [1.82, 2.24) is 5.16 Å². The fourth-order valence-electron chi connectivity index (χ4n) is 2.09. The summed E-state index contributed by atoms with van der Waals surface area (Å²) >= 11 is 1.60. The number of ketones is 1. The number of Topliss-reactive ketones (excluding diaryl/α,β-unsaturated/α-hetero) is 1. The predicted molar refractivity (Wildman–Crippen MR) is 88.2 cm³/mol. The number of rotatable bonds is 6. The van der Waals surface area contributed by atoms with Gasteiger partial charge in [0.1, 0.15) is 5.56 Å². The first-order valence-electron chi connectivity index (χ1n) is 7.24. The second-order valence-corrected chi connectivity index (χ2v) is 6.27. The van der Waals surface area contributed by atoms with Crippen molar-refractivity contribution in [2.45, 2.75) is 31.6 Å². The Kier molecular flexibility index (Phi) is 5.60. The quantitative estimate of drug-likeness (QED) is 0.454. The second kappa shape index (κ2) is 7.46. The third kappa shape index (κ3) is 4.01. The average Bonchev–Trinajstić information content (AvgIpc) is 2.94. The SMILES string of the molecule is CSc1ccc(C(=O)COC(=O)c2c(C)noc2C(C)C)cc1. The summed E-state index contributed by atoms with van der Waals surface area (Å²) in [6.07, 6.45) is 1.96. The van der Waals surface area contributed by atoms with Gasteiger partial charge in [0.25, 0.3) is 0 Å². The van der Waals surface area contributed by atoms with Gasteiger partial charge < -0.3 is 9.26 Å². The molecule has 0 fully saturated rings. The van der Waals surface area contributed by atoms with Crippen LogP contribution in [-0.2, 0) is 4.74 Å². The number of hydrogen-bond donors (Lipinski definition) is 0. The van der Waals surface area contributed by atoms with Crippen LogP contribution in [-0.4, -0.2) is 29.8 Å². The summed E-state index contributed by atoms with van der Waals surface area (Å²) in [6, 6.07) is 7.18. The third-order valence-corrected chi connectivity index (χ3v) is 4.11. The lowest BCUT2D eigenvalue weighted by Gasteiger charge is -2.06. The van der Waals surface area contributed by atoms with Crippen LogP contribution in [0.2, 0.25) is 0 Å². The monoisotopic (exact) mass is 333 g/mol. The number of thioether (sulfide) groups is 1. The number of carbonyl (C=O) groups is 2. The Bertz CT molecular complexity index is 704. The molecule has 2 rings (SSSR count). The van der Waals surface area contributed by atoms with E-state index in [1.165, 1.54) is 0 Å². The Morgan fingerprint density at radius 3 is 2.48 bits per heavy atom. The molecule has 0 amide bonds. The van der Waals surface area contributed by atoms with E-state index in [4.69, 9.17) is 9.26 Å². The van der Waals surface area contributed by atoms with E-state index < -0.39 is 5.97 Å². The number of aryl methyl sites for hydroxylation is 1. The van der Waals surface area contributed by atoms with Crippen molar-refractivity contribution >= 4 is 23.5 Å². The first kappa shape index (κ1) is 17.3. The van der Waals surface area contributed by atoms with E-state index in [2.05, 4.69) is 5.16 Å². The van der Waals surface area contributed by atoms with Crippen molar-refractivity contribution in [3.05, 3.63) is 46.8 Å². The fourth-order valence-corrected chi connectivity index (χ4v) is 2.50. The van der Waals surface area contributed by atoms with Gasteiger partial charge in [0.2, 0.25) is 0 Å².